The fraction of sp³-hybridized carbons (Fsp3) is 0.417. The Morgan fingerprint density at radius 3 is 2.44 bits per heavy atom. The molecule has 2 aliphatic heterocycles. The van der Waals surface area contributed by atoms with E-state index in [4.69, 9.17) is 0 Å². The monoisotopic (exact) mass is 451 g/mol. The van der Waals surface area contributed by atoms with Crippen molar-refractivity contribution in [3.63, 3.8) is 0 Å². The summed E-state index contributed by atoms with van der Waals surface area (Å²) >= 11 is 0. The van der Waals surface area contributed by atoms with Gasteiger partial charge >= 0.3 is 0 Å². The first kappa shape index (κ1) is 21.2. The molecule has 2 aromatic carbocycles. The Morgan fingerprint density at radius 2 is 1.72 bits per heavy atom. The van der Waals surface area contributed by atoms with Gasteiger partial charge in [0.05, 0.1) is 11.3 Å². The molecule has 3 aromatic rings. The van der Waals surface area contributed by atoms with Crippen LogP contribution in [-0.4, -0.2) is 55.2 Å². The summed E-state index contributed by atoms with van der Waals surface area (Å²) in [7, 11) is -3.23. The van der Waals surface area contributed by atoms with Crippen LogP contribution in [0.15, 0.2) is 54.9 Å². The van der Waals surface area contributed by atoms with Gasteiger partial charge in [0.1, 0.15) is 12.1 Å². The molecule has 0 amide bonds. The maximum Gasteiger partial charge on any atom is 0.232 e. The van der Waals surface area contributed by atoms with E-state index in [2.05, 4.69) is 36.6 Å². The summed E-state index contributed by atoms with van der Waals surface area (Å²) < 4.78 is 26.0. The first-order valence-corrected chi connectivity index (χ1v) is 12.9. The van der Waals surface area contributed by atoms with Gasteiger partial charge in [0, 0.05) is 36.1 Å². The highest BCUT2D eigenvalue weighted by molar-refractivity contribution is 7.92. The predicted octanol–water partition coefficient (Wildman–Crippen LogP) is 3.49. The molecule has 2 fully saturated rings. The van der Waals surface area contributed by atoms with E-state index in [1.165, 1.54) is 18.4 Å². The lowest BCUT2D eigenvalue weighted by Crippen LogP contribution is -2.60. The molecule has 168 valence electrons. The second-order valence-electron chi connectivity index (χ2n) is 9.05. The van der Waals surface area contributed by atoms with Crippen LogP contribution in [0, 0.1) is 5.41 Å². The maximum absolute atomic E-state index is 11.7. The average molecular weight is 452 g/mol. The minimum absolute atomic E-state index is 0.0785. The van der Waals surface area contributed by atoms with E-state index in [9.17, 15) is 8.42 Å². The Morgan fingerprint density at radius 1 is 1.00 bits per heavy atom. The predicted molar refractivity (Wildman–Crippen MR) is 128 cm³/mol. The number of fused-ring (bicyclic) bond motifs is 1. The van der Waals surface area contributed by atoms with Crippen molar-refractivity contribution in [2.75, 3.05) is 41.6 Å². The van der Waals surface area contributed by atoms with Gasteiger partial charge in [-0.3, -0.25) is 9.62 Å². The first-order valence-electron chi connectivity index (χ1n) is 11.2. The molecule has 1 N–H and O–H groups in total. The maximum atomic E-state index is 11.7. The van der Waals surface area contributed by atoms with Crippen LogP contribution in [0.1, 0.15) is 25.3 Å². The lowest BCUT2D eigenvalue weighted by molar-refractivity contribution is 0.0721. The largest absolute Gasteiger partial charge is 0.355 e. The lowest BCUT2D eigenvalue weighted by atomic mass is 9.72. The molecule has 1 aromatic heterocycles. The topological polar surface area (TPSA) is 78.4 Å². The van der Waals surface area contributed by atoms with Crippen molar-refractivity contribution in [2.24, 2.45) is 5.41 Å². The van der Waals surface area contributed by atoms with E-state index in [0.29, 0.717) is 11.1 Å². The Balaban J connectivity index is 1.15. The number of para-hydroxylation sites is 1. The van der Waals surface area contributed by atoms with Gasteiger partial charge in [-0.2, -0.15) is 0 Å². The van der Waals surface area contributed by atoms with Crippen LogP contribution in [0.4, 0.5) is 11.5 Å². The molecule has 32 heavy (non-hydrogen) atoms. The van der Waals surface area contributed by atoms with Crippen LogP contribution in [0.5, 0.6) is 0 Å². The number of hydrogen-bond acceptors (Lipinski definition) is 6. The second-order valence-corrected chi connectivity index (χ2v) is 11.1. The van der Waals surface area contributed by atoms with Crippen LogP contribution >= 0.6 is 0 Å². The minimum atomic E-state index is -3.23. The van der Waals surface area contributed by atoms with Crippen LogP contribution < -0.4 is 9.62 Å². The SMILES string of the molecule is CCS(=O)(=O)Nc1ccc(CN2CCC3(CC2)CN(c2ncnc4ccccc24)C3)cc1. The zero-order valence-electron chi connectivity index (χ0n) is 18.4. The van der Waals surface area contributed by atoms with Crippen molar-refractivity contribution in [3.05, 3.63) is 60.4 Å². The molecule has 3 heterocycles. The summed E-state index contributed by atoms with van der Waals surface area (Å²) in [6.07, 6.45) is 4.06. The van der Waals surface area contributed by atoms with Crippen molar-refractivity contribution in [3.8, 4) is 0 Å². The number of likely N-dealkylation sites (tertiary alicyclic amines) is 1. The third-order valence-electron chi connectivity index (χ3n) is 6.80. The zero-order chi connectivity index (χ0) is 22.2. The van der Waals surface area contributed by atoms with Gasteiger partial charge in [-0.15, -0.1) is 0 Å². The molecule has 0 unspecified atom stereocenters. The summed E-state index contributed by atoms with van der Waals surface area (Å²) in [5.41, 5.74) is 3.23. The Hall–Kier alpha value is -2.71. The van der Waals surface area contributed by atoms with Gasteiger partial charge in [0.2, 0.25) is 10.0 Å². The van der Waals surface area contributed by atoms with Gasteiger partial charge in [0.25, 0.3) is 0 Å². The number of aromatic nitrogens is 2. The van der Waals surface area contributed by atoms with E-state index in [1.807, 2.05) is 36.4 Å². The molecule has 7 nitrogen and oxygen atoms in total. The number of piperidine rings is 1. The van der Waals surface area contributed by atoms with Gasteiger partial charge in [0.15, 0.2) is 0 Å². The van der Waals surface area contributed by atoms with E-state index in [1.54, 1.807) is 13.3 Å². The van der Waals surface area contributed by atoms with Gasteiger partial charge < -0.3 is 4.90 Å². The van der Waals surface area contributed by atoms with E-state index in [-0.39, 0.29) is 5.75 Å². The van der Waals surface area contributed by atoms with Crippen LogP contribution in [0.3, 0.4) is 0 Å². The third kappa shape index (κ3) is 4.29. The first-order chi connectivity index (χ1) is 15.5. The van der Waals surface area contributed by atoms with Crippen LogP contribution in [0.25, 0.3) is 10.9 Å². The van der Waals surface area contributed by atoms with Crippen LogP contribution in [0.2, 0.25) is 0 Å². The Kier molecular flexibility index (Phi) is 5.51. The van der Waals surface area contributed by atoms with Crippen molar-refractivity contribution in [1.29, 1.82) is 0 Å². The fourth-order valence-electron chi connectivity index (χ4n) is 4.85. The molecule has 0 bridgehead atoms. The lowest BCUT2D eigenvalue weighted by Gasteiger charge is -2.54. The molecule has 8 heteroatoms. The summed E-state index contributed by atoms with van der Waals surface area (Å²) in [5.74, 6) is 1.14. The fourth-order valence-corrected chi connectivity index (χ4v) is 5.49. The molecule has 0 atom stereocenters. The molecule has 0 saturated carbocycles. The molecule has 0 aliphatic carbocycles. The standard InChI is InChI=1S/C24H29N5O2S/c1-2-32(30,31)27-20-9-7-19(8-10-20)15-28-13-11-24(12-14-28)16-29(17-24)23-21-5-3-4-6-22(21)25-18-26-23/h3-10,18,27H,2,11-17H2,1H3. The number of nitrogens with one attached hydrogen (secondary N) is 1. The second kappa shape index (κ2) is 8.33. The molecule has 1 spiro atoms. The normalized spacial score (nSPS) is 18.6. The quantitative estimate of drug-likeness (QED) is 0.618. The summed E-state index contributed by atoms with van der Waals surface area (Å²) in [6.45, 7) is 6.83. The number of hydrogen-bond donors (Lipinski definition) is 1. The van der Waals surface area contributed by atoms with E-state index in [0.717, 1.165) is 49.4 Å². The van der Waals surface area contributed by atoms with Gasteiger partial charge in [-0.05, 0) is 62.7 Å². The van der Waals surface area contributed by atoms with Crippen molar-refractivity contribution < 1.29 is 8.42 Å². The van der Waals surface area contributed by atoms with Crippen molar-refractivity contribution in [2.45, 2.75) is 26.3 Å². The summed E-state index contributed by atoms with van der Waals surface area (Å²) in [5, 5.41) is 1.13. The van der Waals surface area contributed by atoms with E-state index < -0.39 is 10.0 Å². The molecular weight excluding hydrogens is 422 g/mol. The number of rotatable bonds is 6. The number of nitrogens with zero attached hydrogens (tertiary/aromatic N) is 4. The summed E-state index contributed by atoms with van der Waals surface area (Å²) in [6, 6.07) is 16.0. The molecular formula is C24H29N5O2S. The van der Waals surface area contributed by atoms with Gasteiger partial charge in [-0.25, -0.2) is 18.4 Å². The number of benzene rings is 2. The Bertz CT molecular complexity index is 1190. The average Bonchev–Trinajstić information content (AvgIpc) is 2.79. The van der Waals surface area contributed by atoms with Crippen molar-refractivity contribution in [1.82, 2.24) is 14.9 Å². The Labute approximate surface area is 189 Å². The highest BCUT2D eigenvalue weighted by Gasteiger charge is 2.45. The molecule has 0 radical (unpaired) electrons. The third-order valence-corrected chi connectivity index (χ3v) is 8.11. The molecule has 5 rings (SSSR count). The molecule has 2 saturated heterocycles. The van der Waals surface area contributed by atoms with Gasteiger partial charge in [-0.1, -0.05) is 24.3 Å². The van der Waals surface area contributed by atoms with Crippen LogP contribution in [-0.2, 0) is 16.6 Å². The minimum Gasteiger partial charge on any atom is -0.355 e. The smallest absolute Gasteiger partial charge is 0.232 e. The highest BCUT2D eigenvalue weighted by Crippen LogP contribution is 2.43. The zero-order valence-corrected chi connectivity index (χ0v) is 19.2. The number of anilines is 2. The molecule has 2 aliphatic rings. The number of sulfonamides is 1. The van der Waals surface area contributed by atoms with Crippen molar-refractivity contribution >= 4 is 32.4 Å². The van der Waals surface area contributed by atoms with E-state index >= 15 is 0 Å². The summed E-state index contributed by atoms with van der Waals surface area (Å²) in [4.78, 5) is 13.9. The highest BCUT2D eigenvalue weighted by atomic mass is 32.2.